The number of likely N-dealkylation sites (tertiary alicyclic amines) is 1. The van der Waals surface area contributed by atoms with Gasteiger partial charge in [0.25, 0.3) is 0 Å². The molecule has 0 spiro atoms. The summed E-state index contributed by atoms with van der Waals surface area (Å²) < 4.78 is 0. The molecule has 2 rings (SSSR count). The number of ketones is 1. The van der Waals surface area contributed by atoms with Crippen molar-refractivity contribution in [1.82, 2.24) is 4.90 Å². The van der Waals surface area contributed by atoms with Crippen LogP contribution in [0.4, 0.5) is 5.69 Å². The number of anilines is 1. The topological polar surface area (TPSA) is 69.6 Å². The van der Waals surface area contributed by atoms with Crippen LogP contribution in [-0.2, 0) is 4.79 Å². The molecule has 0 radical (unpaired) electrons. The van der Waals surface area contributed by atoms with E-state index in [1.165, 1.54) is 6.92 Å². The summed E-state index contributed by atoms with van der Waals surface area (Å²) in [7, 11) is 0. The molecule has 0 atom stereocenters. The third-order valence-electron chi connectivity index (χ3n) is 3.91. The molecule has 1 saturated heterocycles. The van der Waals surface area contributed by atoms with E-state index in [2.05, 4.69) is 10.2 Å². The Morgan fingerprint density at radius 3 is 2.57 bits per heavy atom. The summed E-state index contributed by atoms with van der Waals surface area (Å²) in [6, 6.07) is 7.04. The average Bonchev–Trinajstić information content (AvgIpc) is 2.48. The highest BCUT2D eigenvalue weighted by Gasteiger charge is 2.20. The van der Waals surface area contributed by atoms with Crippen molar-refractivity contribution in [3.05, 3.63) is 29.8 Å². The van der Waals surface area contributed by atoms with E-state index in [-0.39, 0.29) is 18.3 Å². The number of Topliss-reactive ketones (excluding diaryl/α,β-unsaturated/α-hetero) is 1. The molecule has 1 aromatic carbocycles. The molecular formula is C16H22N2O3. The normalized spacial score (nSPS) is 16.7. The lowest BCUT2D eigenvalue weighted by Crippen LogP contribution is -2.39. The second kappa shape index (κ2) is 7.33. The van der Waals surface area contributed by atoms with Crippen molar-refractivity contribution in [2.24, 2.45) is 5.92 Å². The maximum Gasteiger partial charge on any atom is 0.238 e. The largest absolute Gasteiger partial charge is 0.396 e. The Morgan fingerprint density at radius 1 is 1.29 bits per heavy atom. The van der Waals surface area contributed by atoms with Gasteiger partial charge < -0.3 is 10.4 Å². The van der Waals surface area contributed by atoms with Crippen molar-refractivity contribution in [3.8, 4) is 0 Å². The molecule has 5 heteroatoms. The van der Waals surface area contributed by atoms with Gasteiger partial charge in [0.1, 0.15) is 0 Å². The Bertz CT molecular complexity index is 508. The molecule has 0 unspecified atom stereocenters. The first-order valence-corrected chi connectivity index (χ1v) is 7.33. The van der Waals surface area contributed by atoms with Crippen molar-refractivity contribution in [3.63, 3.8) is 0 Å². The molecule has 0 bridgehead atoms. The summed E-state index contributed by atoms with van der Waals surface area (Å²) in [4.78, 5) is 25.7. The van der Waals surface area contributed by atoms with E-state index in [1.807, 2.05) is 0 Å². The smallest absolute Gasteiger partial charge is 0.238 e. The van der Waals surface area contributed by atoms with Gasteiger partial charge in [0.15, 0.2) is 5.78 Å². The predicted octanol–water partition coefficient (Wildman–Crippen LogP) is 1.53. The van der Waals surface area contributed by atoms with Gasteiger partial charge >= 0.3 is 0 Å². The van der Waals surface area contributed by atoms with Crippen LogP contribution in [0.2, 0.25) is 0 Å². The molecular weight excluding hydrogens is 268 g/mol. The number of carbonyl (C=O) groups is 2. The molecule has 0 saturated carbocycles. The average molecular weight is 290 g/mol. The summed E-state index contributed by atoms with van der Waals surface area (Å²) in [5.41, 5.74) is 1.10. The maximum absolute atomic E-state index is 12.1. The number of para-hydroxylation sites is 1. The lowest BCUT2D eigenvalue weighted by Gasteiger charge is -2.30. The van der Waals surface area contributed by atoms with Crippen LogP contribution < -0.4 is 5.32 Å². The van der Waals surface area contributed by atoms with Crippen LogP contribution in [0.3, 0.4) is 0 Å². The summed E-state index contributed by atoms with van der Waals surface area (Å²) >= 11 is 0. The van der Waals surface area contributed by atoms with E-state index in [0.29, 0.717) is 23.7 Å². The fraction of sp³-hybridized carbons (Fsp3) is 0.500. The predicted molar refractivity (Wildman–Crippen MR) is 81.3 cm³/mol. The molecule has 1 aliphatic rings. The Labute approximate surface area is 125 Å². The maximum atomic E-state index is 12.1. The van der Waals surface area contributed by atoms with E-state index in [1.54, 1.807) is 24.3 Å². The second-order valence-electron chi connectivity index (χ2n) is 5.55. The van der Waals surface area contributed by atoms with Gasteiger partial charge in [-0.05, 0) is 50.9 Å². The van der Waals surface area contributed by atoms with Gasteiger partial charge in [0.05, 0.1) is 12.2 Å². The van der Waals surface area contributed by atoms with Crippen LogP contribution in [0, 0.1) is 5.92 Å². The number of aliphatic hydroxyl groups is 1. The number of rotatable bonds is 5. The van der Waals surface area contributed by atoms with Crippen LogP contribution in [-0.4, -0.2) is 47.9 Å². The lowest BCUT2D eigenvalue weighted by molar-refractivity contribution is -0.117. The lowest BCUT2D eigenvalue weighted by atomic mass is 9.98. The zero-order chi connectivity index (χ0) is 15.2. The zero-order valence-corrected chi connectivity index (χ0v) is 12.3. The second-order valence-corrected chi connectivity index (χ2v) is 5.55. The van der Waals surface area contributed by atoms with Crippen molar-refractivity contribution >= 4 is 17.4 Å². The van der Waals surface area contributed by atoms with Crippen molar-refractivity contribution in [1.29, 1.82) is 0 Å². The van der Waals surface area contributed by atoms with Crippen molar-refractivity contribution in [2.45, 2.75) is 19.8 Å². The minimum absolute atomic E-state index is 0.0605. The van der Waals surface area contributed by atoms with E-state index < -0.39 is 0 Å². The molecule has 0 aliphatic carbocycles. The van der Waals surface area contributed by atoms with Crippen LogP contribution >= 0.6 is 0 Å². The minimum atomic E-state index is -0.105. The molecule has 5 nitrogen and oxygen atoms in total. The molecule has 1 fully saturated rings. The number of amides is 1. The van der Waals surface area contributed by atoms with Crippen LogP contribution in [0.25, 0.3) is 0 Å². The van der Waals surface area contributed by atoms with Gasteiger partial charge in [-0.15, -0.1) is 0 Å². The molecule has 2 N–H and O–H groups in total. The number of hydrogen-bond donors (Lipinski definition) is 2. The fourth-order valence-corrected chi connectivity index (χ4v) is 2.62. The van der Waals surface area contributed by atoms with E-state index >= 15 is 0 Å². The van der Waals surface area contributed by atoms with Crippen molar-refractivity contribution < 1.29 is 14.7 Å². The van der Waals surface area contributed by atoms with Gasteiger partial charge in [-0.3, -0.25) is 14.5 Å². The summed E-state index contributed by atoms with van der Waals surface area (Å²) in [6.45, 7) is 3.70. The molecule has 0 aromatic heterocycles. The molecule has 1 heterocycles. The monoisotopic (exact) mass is 290 g/mol. The number of piperidine rings is 1. The molecule has 1 aromatic rings. The van der Waals surface area contributed by atoms with Crippen molar-refractivity contribution in [2.75, 3.05) is 31.6 Å². The number of nitrogens with one attached hydrogen (secondary N) is 1. The van der Waals surface area contributed by atoms with Gasteiger partial charge in [-0.2, -0.15) is 0 Å². The van der Waals surface area contributed by atoms with Crippen LogP contribution in [0.15, 0.2) is 24.3 Å². The highest BCUT2D eigenvalue weighted by molar-refractivity contribution is 6.04. The van der Waals surface area contributed by atoms with Gasteiger partial charge in [0, 0.05) is 12.2 Å². The standard InChI is InChI=1S/C16H22N2O3/c1-12(20)14-4-2-3-5-15(14)17-16(21)10-18-8-6-13(11-19)7-9-18/h2-5,13,19H,6-11H2,1H3,(H,17,21). The number of hydrogen-bond acceptors (Lipinski definition) is 4. The third kappa shape index (κ3) is 4.37. The number of nitrogens with zero attached hydrogens (tertiary/aromatic N) is 1. The first-order chi connectivity index (χ1) is 10.1. The van der Waals surface area contributed by atoms with Gasteiger partial charge in [0.2, 0.25) is 5.91 Å². The van der Waals surface area contributed by atoms with Gasteiger partial charge in [-0.1, -0.05) is 12.1 Å². The van der Waals surface area contributed by atoms with Crippen LogP contribution in [0.1, 0.15) is 30.1 Å². The molecule has 114 valence electrons. The Balaban J connectivity index is 1.89. The minimum Gasteiger partial charge on any atom is -0.396 e. The summed E-state index contributed by atoms with van der Waals surface area (Å²) in [5.74, 6) is 0.198. The van der Waals surface area contributed by atoms with E-state index in [9.17, 15) is 9.59 Å². The van der Waals surface area contributed by atoms with Crippen LogP contribution in [0.5, 0.6) is 0 Å². The highest BCUT2D eigenvalue weighted by Crippen LogP contribution is 2.18. The van der Waals surface area contributed by atoms with E-state index in [4.69, 9.17) is 5.11 Å². The molecule has 1 aliphatic heterocycles. The molecule has 21 heavy (non-hydrogen) atoms. The quantitative estimate of drug-likeness (QED) is 0.807. The first kappa shape index (κ1) is 15.7. The summed E-state index contributed by atoms with van der Waals surface area (Å²) in [6.07, 6.45) is 1.85. The Kier molecular flexibility index (Phi) is 5.47. The Morgan fingerprint density at radius 2 is 1.95 bits per heavy atom. The highest BCUT2D eigenvalue weighted by atomic mass is 16.3. The van der Waals surface area contributed by atoms with E-state index in [0.717, 1.165) is 25.9 Å². The number of benzene rings is 1. The Hall–Kier alpha value is -1.72. The van der Waals surface area contributed by atoms with Gasteiger partial charge in [-0.25, -0.2) is 0 Å². The zero-order valence-electron chi connectivity index (χ0n) is 12.3. The summed E-state index contributed by atoms with van der Waals surface area (Å²) in [5, 5.41) is 11.9. The SMILES string of the molecule is CC(=O)c1ccccc1NC(=O)CN1CCC(CO)CC1. The third-order valence-corrected chi connectivity index (χ3v) is 3.91. The number of carbonyl (C=O) groups excluding carboxylic acids is 2. The fourth-order valence-electron chi connectivity index (χ4n) is 2.62. The first-order valence-electron chi connectivity index (χ1n) is 7.33. The number of aliphatic hydroxyl groups excluding tert-OH is 1. The molecule has 1 amide bonds.